The molecule has 0 spiro atoms. The van der Waals surface area contributed by atoms with E-state index >= 15 is 0 Å². The van der Waals surface area contributed by atoms with E-state index in [0.717, 1.165) is 78.7 Å². The van der Waals surface area contributed by atoms with Crippen molar-refractivity contribution in [2.45, 2.75) is 12.8 Å². The van der Waals surface area contributed by atoms with Crippen LogP contribution in [0, 0.1) is 16.7 Å². The Balaban J connectivity index is 1.44. The number of rotatable bonds is 4. The number of hydrogen-bond acceptors (Lipinski definition) is 6. The summed E-state index contributed by atoms with van der Waals surface area (Å²) in [5, 5.41) is 12.8. The summed E-state index contributed by atoms with van der Waals surface area (Å²) in [4.78, 5) is 19.6. The topological polar surface area (TPSA) is 71.8 Å². The molecule has 134 valence electrons. The van der Waals surface area contributed by atoms with Crippen molar-refractivity contribution in [3.05, 3.63) is 0 Å². The first-order chi connectivity index (χ1) is 11.7. The monoisotopic (exact) mass is 335 g/mol. The van der Waals surface area contributed by atoms with Crippen LogP contribution in [0.1, 0.15) is 12.8 Å². The summed E-state index contributed by atoms with van der Waals surface area (Å²) in [5.41, 5.74) is -0.790. The second-order valence-electron chi connectivity index (χ2n) is 7.03. The molecule has 7 heteroatoms. The van der Waals surface area contributed by atoms with Crippen LogP contribution in [0.15, 0.2) is 0 Å². The first-order valence-electron chi connectivity index (χ1n) is 9.17. The maximum absolute atomic E-state index is 12.9. The Kier molecular flexibility index (Phi) is 6.06. The average molecular weight is 335 g/mol. The van der Waals surface area contributed by atoms with Crippen LogP contribution < -0.4 is 5.32 Å². The highest BCUT2D eigenvalue weighted by Crippen LogP contribution is 2.30. The quantitative estimate of drug-likeness (QED) is 0.737. The van der Waals surface area contributed by atoms with E-state index in [-0.39, 0.29) is 5.91 Å². The zero-order chi connectivity index (χ0) is 16.8. The number of nitriles is 1. The van der Waals surface area contributed by atoms with Gasteiger partial charge in [0.25, 0.3) is 0 Å². The molecule has 3 rings (SSSR count). The molecule has 3 aliphatic heterocycles. The highest BCUT2D eigenvalue weighted by molar-refractivity contribution is 5.85. The van der Waals surface area contributed by atoms with Crippen LogP contribution in [-0.2, 0) is 9.53 Å². The Morgan fingerprint density at radius 2 is 1.58 bits per heavy atom. The summed E-state index contributed by atoms with van der Waals surface area (Å²) >= 11 is 0. The van der Waals surface area contributed by atoms with Crippen molar-refractivity contribution in [1.82, 2.24) is 20.0 Å². The van der Waals surface area contributed by atoms with Gasteiger partial charge in [0.15, 0.2) is 0 Å². The number of piperidine rings is 1. The standard InChI is InChI=1S/C17H29N5O2/c18-15-17(1-3-19-4-2-17)16(23)22-9-7-20(8-10-22)5-6-21-11-13-24-14-12-21/h19H,1-14H2. The van der Waals surface area contributed by atoms with Crippen molar-refractivity contribution in [2.75, 3.05) is 78.7 Å². The van der Waals surface area contributed by atoms with E-state index in [0.29, 0.717) is 12.8 Å². The lowest BCUT2D eigenvalue weighted by Crippen LogP contribution is -2.55. The molecule has 0 aromatic carbocycles. The third-order valence-electron chi connectivity index (χ3n) is 5.58. The van der Waals surface area contributed by atoms with Gasteiger partial charge < -0.3 is 15.0 Å². The van der Waals surface area contributed by atoms with E-state index < -0.39 is 5.41 Å². The van der Waals surface area contributed by atoms with Crippen LogP contribution >= 0.6 is 0 Å². The van der Waals surface area contributed by atoms with Crippen LogP contribution in [0.3, 0.4) is 0 Å². The molecular weight excluding hydrogens is 306 g/mol. The van der Waals surface area contributed by atoms with Gasteiger partial charge in [-0.1, -0.05) is 0 Å². The van der Waals surface area contributed by atoms with Crippen LogP contribution in [0.5, 0.6) is 0 Å². The summed E-state index contributed by atoms with van der Waals surface area (Å²) in [6.45, 7) is 10.7. The first kappa shape index (κ1) is 17.6. The van der Waals surface area contributed by atoms with Gasteiger partial charge in [-0.25, -0.2) is 0 Å². The number of nitrogens with one attached hydrogen (secondary N) is 1. The van der Waals surface area contributed by atoms with Gasteiger partial charge in [-0.05, 0) is 25.9 Å². The van der Waals surface area contributed by atoms with Crippen LogP contribution in [0.4, 0.5) is 0 Å². The van der Waals surface area contributed by atoms with Gasteiger partial charge in [0.1, 0.15) is 5.41 Å². The van der Waals surface area contributed by atoms with E-state index in [9.17, 15) is 10.1 Å². The summed E-state index contributed by atoms with van der Waals surface area (Å²) in [5.74, 6) is 0.0549. The fourth-order valence-corrected chi connectivity index (χ4v) is 3.81. The fraction of sp³-hybridized carbons (Fsp3) is 0.882. The van der Waals surface area contributed by atoms with E-state index in [1.807, 2.05) is 4.90 Å². The number of amides is 1. The van der Waals surface area contributed by atoms with Crippen molar-refractivity contribution in [3.8, 4) is 6.07 Å². The van der Waals surface area contributed by atoms with Gasteiger partial charge in [-0.15, -0.1) is 0 Å². The normalized spacial score (nSPS) is 26.0. The minimum Gasteiger partial charge on any atom is -0.379 e. The average Bonchev–Trinajstić information content (AvgIpc) is 2.67. The Labute approximate surface area is 144 Å². The van der Waals surface area contributed by atoms with Crippen molar-refractivity contribution in [2.24, 2.45) is 5.41 Å². The van der Waals surface area contributed by atoms with Crippen LogP contribution in [-0.4, -0.2) is 99.3 Å². The van der Waals surface area contributed by atoms with Gasteiger partial charge in [0.05, 0.1) is 19.3 Å². The highest BCUT2D eigenvalue weighted by Gasteiger charge is 2.43. The molecule has 1 N–H and O–H groups in total. The maximum atomic E-state index is 12.9. The largest absolute Gasteiger partial charge is 0.379 e. The number of carbonyl (C=O) groups is 1. The summed E-state index contributed by atoms with van der Waals surface area (Å²) in [6.07, 6.45) is 1.28. The molecule has 0 unspecified atom stereocenters. The second-order valence-corrected chi connectivity index (χ2v) is 7.03. The minimum atomic E-state index is -0.790. The highest BCUT2D eigenvalue weighted by atomic mass is 16.5. The Hall–Kier alpha value is -1.20. The van der Waals surface area contributed by atoms with E-state index in [4.69, 9.17) is 4.74 Å². The first-order valence-corrected chi connectivity index (χ1v) is 9.17. The van der Waals surface area contributed by atoms with Crippen molar-refractivity contribution < 1.29 is 9.53 Å². The molecule has 3 heterocycles. The summed E-state index contributed by atoms with van der Waals surface area (Å²) in [6, 6.07) is 2.33. The molecule has 0 atom stereocenters. The third-order valence-corrected chi connectivity index (χ3v) is 5.58. The lowest BCUT2D eigenvalue weighted by atomic mass is 9.79. The van der Waals surface area contributed by atoms with Crippen molar-refractivity contribution in [1.29, 1.82) is 5.26 Å². The molecular formula is C17H29N5O2. The summed E-state index contributed by atoms with van der Waals surface area (Å²) < 4.78 is 5.38. The number of nitrogens with zero attached hydrogens (tertiary/aromatic N) is 4. The molecule has 0 radical (unpaired) electrons. The number of morpholine rings is 1. The Morgan fingerprint density at radius 3 is 2.17 bits per heavy atom. The van der Waals surface area contributed by atoms with Gasteiger partial charge >= 0.3 is 0 Å². The number of carbonyl (C=O) groups excluding carboxylic acids is 1. The minimum absolute atomic E-state index is 0.0549. The molecule has 0 aliphatic carbocycles. The van der Waals surface area contributed by atoms with E-state index in [1.165, 1.54) is 0 Å². The lowest BCUT2D eigenvalue weighted by molar-refractivity contribution is -0.142. The second kappa shape index (κ2) is 8.26. The molecule has 24 heavy (non-hydrogen) atoms. The lowest BCUT2D eigenvalue weighted by Gasteiger charge is -2.40. The van der Waals surface area contributed by atoms with Crippen LogP contribution in [0.25, 0.3) is 0 Å². The zero-order valence-electron chi connectivity index (χ0n) is 14.5. The van der Waals surface area contributed by atoms with Gasteiger partial charge in [0.2, 0.25) is 5.91 Å². The van der Waals surface area contributed by atoms with Gasteiger partial charge in [-0.2, -0.15) is 5.26 Å². The number of hydrogen-bond donors (Lipinski definition) is 1. The number of piperazine rings is 1. The smallest absolute Gasteiger partial charge is 0.243 e. The summed E-state index contributed by atoms with van der Waals surface area (Å²) in [7, 11) is 0. The number of ether oxygens (including phenoxy) is 1. The Bertz CT molecular complexity index is 458. The van der Waals surface area contributed by atoms with Crippen molar-refractivity contribution in [3.63, 3.8) is 0 Å². The third kappa shape index (κ3) is 4.06. The molecule has 0 bridgehead atoms. The fourth-order valence-electron chi connectivity index (χ4n) is 3.81. The van der Waals surface area contributed by atoms with Crippen LogP contribution in [0.2, 0.25) is 0 Å². The van der Waals surface area contributed by atoms with Gasteiger partial charge in [-0.3, -0.25) is 14.6 Å². The molecule has 1 amide bonds. The molecule has 0 aromatic heterocycles. The molecule has 0 saturated carbocycles. The SMILES string of the molecule is N#CC1(C(=O)N2CCN(CCN3CCOCC3)CC2)CCNCC1. The Morgan fingerprint density at radius 1 is 1.00 bits per heavy atom. The molecule has 3 saturated heterocycles. The predicted octanol–water partition coefficient (Wildman–Crippen LogP) is -0.644. The zero-order valence-corrected chi connectivity index (χ0v) is 14.5. The predicted molar refractivity (Wildman–Crippen MR) is 90.4 cm³/mol. The molecule has 3 aliphatic rings. The van der Waals surface area contributed by atoms with E-state index in [2.05, 4.69) is 21.2 Å². The van der Waals surface area contributed by atoms with Crippen molar-refractivity contribution >= 4 is 5.91 Å². The maximum Gasteiger partial charge on any atom is 0.243 e. The molecule has 3 fully saturated rings. The van der Waals surface area contributed by atoms with Gasteiger partial charge in [0, 0.05) is 52.4 Å². The van der Waals surface area contributed by atoms with E-state index in [1.54, 1.807) is 0 Å². The molecule has 0 aromatic rings. The molecule has 7 nitrogen and oxygen atoms in total.